The van der Waals surface area contributed by atoms with E-state index in [4.69, 9.17) is 0 Å². The molecule has 2 atom stereocenters. The third-order valence-electron chi connectivity index (χ3n) is 5.97. The maximum atomic E-state index is 12.8. The number of hydrogen-bond donors (Lipinski definition) is 0. The normalized spacial score (nSPS) is 23.2. The fourth-order valence-electron chi connectivity index (χ4n) is 4.67. The van der Waals surface area contributed by atoms with Gasteiger partial charge in [0.15, 0.2) is 0 Å². The number of fused-ring (bicyclic) bond motifs is 5. The van der Waals surface area contributed by atoms with Gasteiger partial charge in [-0.1, -0.05) is 24.3 Å². The zero-order chi connectivity index (χ0) is 18.5. The van der Waals surface area contributed by atoms with Crippen molar-refractivity contribution in [3.63, 3.8) is 0 Å². The largest absolute Gasteiger partial charge is 0.416 e. The van der Waals surface area contributed by atoms with Crippen molar-refractivity contribution in [3.8, 4) is 11.1 Å². The summed E-state index contributed by atoms with van der Waals surface area (Å²) in [5.74, 6) is 0.625. The number of benzene rings is 2. The van der Waals surface area contributed by atoms with Gasteiger partial charge in [0.25, 0.3) is 0 Å². The maximum Gasteiger partial charge on any atom is 0.416 e. The molecule has 138 valence electrons. The van der Waals surface area contributed by atoms with Gasteiger partial charge in [-0.3, -0.25) is 4.90 Å². The standard InChI is InChI=1S/C22H24F3N/c1-14(2)26-11-3-4-17-13-21(26)20-12-16(7-10-19(17)20)15-5-8-18(9-6-15)22(23,24)25/h5-10,12,14,17,21H,3-4,11,13H2,1-2H3. The van der Waals surface area contributed by atoms with Crippen LogP contribution in [-0.4, -0.2) is 17.5 Å². The predicted molar refractivity (Wildman–Crippen MR) is 98.1 cm³/mol. The van der Waals surface area contributed by atoms with Gasteiger partial charge in [0.2, 0.25) is 0 Å². The van der Waals surface area contributed by atoms with Gasteiger partial charge in [0.05, 0.1) is 5.56 Å². The van der Waals surface area contributed by atoms with Crippen molar-refractivity contribution in [2.45, 2.75) is 57.3 Å². The molecule has 1 heterocycles. The molecule has 1 aliphatic heterocycles. The van der Waals surface area contributed by atoms with Crippen molar-refractivity contribution in [1.29, 1.82) is 0 Å². The van der Waals surface area contributed by atoms with E-state index < -0.39 is 11.7 Å². The molecule has 0 spiro atoms. The van der Waals surface area contributed by atoms with E-state index in [2.05, 4.69) is 36.9 Å². The SMILES string of the molecule is CC(C)N1CCCC2CC1c1cc(-c3ccc(C(F)(F)F)cc3)ccc12. The zero-order valence-electron chi connectivity index (χ0n) is 15.2. The first kappa shape index (κ1) is 17.6. The fourth-order valence-corrected chi connectivity index (χ4v) is 4.67. The Morgan fingerprint density at radius 2 is 1.65 bits per heavy atom. The minimum absolute atomic E-state index is 0.437. The van der Waals surface area contributed by atoms with Gasteiger partial charge in [0, 0.05) is 12.1 Å². The lowest BCUT2D eigenvalue weighted by atomic mass is 9.93. The Balaban J connectivity index is 1.70. The molecule has 0 aromatic heterocycles. The zero-order valence-corrected chi connectivity index (χ0v) is 15.2. The molecule has 2 bridgehead atoms. The first-order chi connectivity index (χ1) is 12.3. The van der Waals surface area contributed by atoms with Crippen molar-refractivity contribution in [3.05, 3.63) is 59.2 Å². The molecule has 0 radical (unpaired) electrons. The number of nitrogens with zero attached hydrogens (tertiary/aromatic N) is 1. The summed E-state index contributed by atoms with van der Waals surface area (Å²) in [6.07, 6.45) is -0.653. The van der Waals surface area contributed by atoms with Gasteiger partial charge in [0.1, 0.15) is 0 Å². The van der Waals surface area contributed by atoms with Gasteiger partial charge in [-0.2, -0.15) is 13.2 Å². The summed E-state index contributed by atoms with van der Waals surface area (Å²) in [7, 11) is 0. The van der Waals surface area contributed by atoms with E-state index in [0.29, 0.717) is 18.0 Å². The van der Waals surface area contributed by atoms with E-state index in [9.17, 15) is 13.2 Å². The number of alkyl halides is 3. The van der Waals surface area contributed by atoms with Crippen LogP contribution in [0, 0.1) is 0 Å². The molecule has 1 fully saturated rings. The van der Waals surface area contributed by atoms with Crippen LogP contribution in [0.3, 0.4) is 0 Å². The molecule has 26 heavy (non-hydrogen) atoms. The molecule has 2 aliphatic rings. The molecule has 4 heteroatoms. The molecular weight excluding hydrogens is 335 g/mol. The first-order valence-corrected chi connectivity index (χ1v) is 9.42. The first-order valence-electron chi connectivity index (χ1n) is 9.42. The fraction of sp³-hybridized carbons (Fsp3) is 0.455. The van der Waals surface area contributed by atoms with Crippen molar-refractivity contribution in [2.24, 2.45) is 0 Å². The second kappa shape index (κ2) is 6.41. The molecule has 2 unspecified atom stereocenters. The molecule has 1 saturated heterocycles. The summed E-state index contributed by atoms with van der Waals surface area (Å²) >= 11 is 0. The Labute approximate surface area is 152 Å². The van der Waals surface area contributed by atoms with Crippen LogP contribution in [-0.2, 0) is 6.18 Å². The lowest BCUT2D eigenvalue weighted by Gasteiger charge is -2.32. The highest BCUT2D eigenvalue weighted by Gasteiger charge is 2.37. The molecule has 0 amide bonds. The van der Waals surface area contributed by atoms with E-state index in [0.717, 1.165) is 17.7 Å². The average Bonchev–Trinajstić information content (AvgIpc) is 2.79. The second-order valence-corrected chi connectivity index (χ2v) is 7.84. The van der Waals surface area contributed by atoms with E-state index in [-0.39, 0.29) is 0 Å². The van der Waals surface area contributed by atoms with Crippen LogP contribution in [0.25, 0.3) is 11.1 Å². The topological polar surface area (TPSA) is 3.24 Å². The third-order valence-corrected chi connectivity index (χ3v) is 5.97. The average molecular weight is 359 g/mol. The third kappa shape index (κ3) is 3.05. The summed E-state index contributed by atoms with van der Waals surface area (Å²) in [6.45, 7) is 5.62. The minimum atomic E-state index is -4.29. The molecule has 4 rings (SSSR count). The number of likely N-dealkylation sites (tertiary alicyclic amines) is 1. The maximum absolute atomic E-state index is 12.8. The lowest BCUT2D eigenvalue weighted by Crippen LogP contribution is -2.34. The van der Waals surface area contributed by atoms with Crippen LogP contribution in [0.2, 0.25) is 0 Å². The quantitative estimate of drug-likeness (QED) is 0.599. The molecule has 1 nitrogen and oxygen atoms in total. The van der Waals surface area contributed by atoms with Crippen LogP contribution in [0.15, 0.2) is 42.5 Å². The Kier molecular flexibility index (Phi) is 4.34. The van der Waals surface area contributed by atoms with Crippen molar-refractivity contribution in [2.75, 3.05) is 6.54 Å². The Morgan fingerprint density at radius 1 is 0.962 bits per heavy atom. The number of halogens is 3. The van der Waals surface area contributed by atoms with Crippen LogP contribution in [0.4, 0.5) is 13.2 Å². The van der Waals surface area contributed by atoms with E-state index >= 15 is 0 Å². The summed E-state index contributed by atoms with van der Waals surface area (Å²) in [4.78, 5) is 2.59. The minimum Gasteiger partial charge on any atom is -0.294 e. The Morgan fingerprint density at radius 3 is 2.31 bits per heavy atom. The Bertz CT molecular complexity index is 792. The highest BCUT2D eigenvalue weighted by Crippen LogP contribution is 2.49. The summed E-state index contributed by atoms with van der Waals surface area (Å²) in [6, 6.07) is 12.9. The van der Waals surface area contributed by atoms with Gasteiger partial charge < -0.3 is 0 Å². The highest BCUT2D eigenvalue weighted by molar-refractivity contribution is 5.66. The van der Waals surface area contributed by atoms with Crippen LogP contribution in [0.5, 0.6) is 0 Å². The molecule has 2 aromatic rings. The van der Waals surface area contributed by atoms with Gasteiger partial charge in [-0.25, -0.2) is 0 Å². The molecule has 0 N–H and O–H groups in total. The van der Waals surface area contributed by atoms with Crippen LogP contribution < -0.4 is 0 Å². The van der Waals surface area contributed by atoms with E-state index in [1.54, 1.807) is 12.1 Å². The molecule has 0 saturated carbocycles. The van der Waals surface area contributed by atoms with E-state index in [1.807, 2.05) is 0 Å². The smallest absolute Gasteiger partial charge is 0.294 e. The highest BCUT2D eigenvalue weighted by atomic mass is 19.4. The number of hydrogen-bond acceptors (Lipinski definition) is 1. The molecule has 1 aliphatic carbocycles. The van der Waals surface area contributed by atoms with Crippen molar-refractivity contribution < 1.29 is 13.2 Å². The molecular formula is C22H24F3N. The lowest BCUT2D eigenvalue weighted by molar-refractivity contribution is -0.137. The van der Waals surface area contributed by atoms with Gasteiger partial charge >= 0.3 is 6.18 Å². The van der Waals surface area contributed by atoms with Crippen molar-refractivity contribution in [1.82, 2.24) is 4.90 Å². The number of rotatable bonds is 2. The monoisotopic (exact) mass is 359 g/mol. The Hall–Kier alpha value is -1.81. The summed E-state index contributed by atoms with van der Waals surface area (Å²) in [5, 5.41) is 0. The van der Waals surface area contributed by atoms with Gasteiger partial charge in [-0.05, 0) is 86.0 Å². The summed E-state index contributed by atoms with van der Waals surface area (Å²) in [5.41, 5.74) is 4.07. The van der Waals surface area contributed by atoms with Crippen LogP contribution in [0.1, 0.15) is 61.8 Å². The second-order valence-electron chi connectivity index (χ2n) is 7.84. The van der Waals surface area contributed by atoms with Gasteiger partial charge in [-0.15, -0.1) is 0 Å². The van der Waals surface area contributed by atoms with Crippen molar-refractivity contribution >= 4 is 0 Å². The predicted octanol–water partition coefficient (Wildman–Crippen LogP) is 6.41. The molecule has 2 aromatic carbocycles. The van der Waals surface area contributed by atoms with E-state index in [1.165, 1.54) is 42.5 Å². The summed E-state index contributed by atoms with van der Waals surface area (Å²) < 4.78 is 38.4. The van der Waals surface area contributed by atoms with Crippen LogP contribution >= 0.6 is 0 Å².